The average Bonchev–Trinajstić information content (AvgIpc) is 2.83. The molecule has 1 aliphatic rings. The number of aryl methyl sites for hydroxylation is 1. The van der Waals surface area contributed by atoms with Gasteiger partial charge in [-0.2, -0.15) is 5.10 Å². The fraction of sp³-hybridized carbons (Fsp3) is 0.500. The molecule has 0 aromatic carbocycles. The maximum absolute atomic E-state index is 11.7. The minimum atomic E-state index is -0.363. The Morgan fingerprint density at radius 1 is 1.62 bits per heavy atom. The Morgan fingerprint density at radius 2 is 2.38 bits per heavy atom. The van der Waals surface area contributed by atoms with Gasteiger partial charge in [0.05, 0.1) is 24.9 Å². The summed E-state index contributed by atoms with van der Waals surface area (Å²) >= 11 is 0. The first-order chi connectivity index (χ1) is 7.61. The van der Waals surface area contributed by atoms with E-state index in [1.54, 1.807) is 29.0 Å². The second-order valence-electron chi connectivity index (χ2n) is 3.80. The van der Waals surface area contributed by atoms with Crippen molar-refractivity contribution < 1.29 is 14.3 Å². The van der Waals surface area contributed by atoms with Crippen molar-refractivity contribution in [1.82, 2.24) is 9.78 Å². The molecule has 0 spiro atoms. The number of anilines is 1. The number of aromatic nitrogens is 2. The minimum Gasteiger partial charge on any atom is -0.469 e. The van der Waals surface area contributed by atoms with Crippen LogP contribution >= 0.6 is 0 Å². The monoisotopic (exact) mass is 223 g/mol. The number of carbonyl (C=O) groups is 2. The number of nitrogens with zero attached hydrogens (tertiary/aromatic N) is 3. The Morgan fingerprint density at radius 3 is 2.94 bits per heavy atom. The second kappa shape index (κ2) is 3.96. The van der Waals surface area contributed by atoms with Crippen molar-refractivity contribution in [2.45, 2.75) is 6.42 Å². The maximum atomic E-state index is 11.7. The van der Waals surface area contributed by atoms with Crippen LogP contribution in [-0.2, 0) is 21.4 Å². The number of ether oxygens (including phenoxy) is 1. The SMILES string of the molecule is COC(=O)C1CC(=O)N(c2cnn(C)c2)C1. The Labute approximate surface area is 92.8 Å². The number of hydrogen-bond acceptors (Lipinski definition) is 4. The minimum absolute atomic E-state index is 0.0663. The summed E-state index contributed by atoms with van der Waals surface area (Å²) in [7, 11) is 3.11. The van der Waals surface area contributed by atoms with Gasteiger partial charge in [-0.15, -0.1) is 0 Å². The molecule has 1 fully saturated rings. The third-order valence-electron chi connectivity index (χ3n) is 2.66. The highest BCUT2D eigenvalue weighted by atomic mass is 16.5. The molecule has 6 nitrogen and oxygen atoms in total. The molecule has 0 saturated carbocycles. The molecule has 0 N–H and O–H groups in total. The van der Waals surface area contributed by atoms with Gasteiger partial charge >= 0.3 is 5.97 Å². The fourth-order valence-corrected chi connectivity index (χ4v) is 1.83. The number of carbonyl (C=O) groups excluding carboxylic acids is 2. The van der Waals surface area contributed by atoms with Gasteiger partial charge in [0.15, 0.2) is 0 Å². The van der Waals surface area contributed by atoms with Crippen LogP contribution in [0.2, 0.25) is 0 Å². The number of esters is 1. The van der Waals surface area contributed by atoms with Crippen molar-refractivity contribution >= 4 is 17.6 Å². The first-order valence-electron chi connectivity index (χ1n) is 4.98. The van der Waals surface area contributed by atoms with Gasteiger partial charge in [-0.05, 0) is 0 Å². The molecule has 86 valence electrons. The second-order valence-corrected chi connectivity index (χ2v) is 3.80. The Kier molecular flexibility index (Phi) is 2.64. The molecule has 1 aromatic heterocycles. The summed E-state index contributed by atoms with van der Waals surface area (Å²) in [5.74, 6) is -0.763. The van der Waals surface area contributed by atoms with Crippen molar-refractivity contribution in [3.05, 3.63) is 12.4 Å². The predicted octanol–water partition coefficient (Wildman–Crippen LogP) is -0.0540. The van der Waals surface area contributed by atoms with Crippen LogP contribution in [-0.4, -0.2) is 35.3 Å². The van der Waals surface area contributed by atoms with E-state index in [1.807, 2.05) is 0 Å². The maximum Gasteiger partial charge on any atom is 0.311 e. The molecule has 2 rings (SSSR count). The molecule has 6 heteroatoms. The molecule has 0 bridgehead atoms. The zero-order valence-corrected chi connectivity index (χ0v) is 9.21. The van der Waals surface area contributed by atoms with Crippen LogP contribution in [0.25, 0.3) is 0 Å². The molecule has 1 aromatic rings. The van der Waals surface area contributed by atoms with Crippen molar-refractivity contribution in [3.63, 3.8) is 0 Å². The molecule has 1 atom stereocenters. The molecular weight excluding hydrogens is 210 g/mol. The van der Waals surface area contributed by atoms with Crippen molar-refractivity contribution in [3.8, 4) is 0 Å². The summed E-state index contributed by atoms with van der Waals surface area (Å²) in [6.07, 6.45) is 3.57. The van der Waals surface area contributed by atoms with Crippen LogP contribution in [0, 0.1) is 5.92 Å². The zero-order valence-electron chi connectivity index (χ0n) is 9.21. The summed E-state index contributed by atoms with van der Waals surface area (Å²) in [5, 5.41) is 3.99. The van der Waals surface area contributed by atoms with Crippen molar-refractivity contribution in [2.24, 2.45) is 13.0 Å². The number of rotatable bonds is 2. The Hall–Kier alpha value is -1.85. The smallest absolute Gasteiger partial charge is 0.311 e. The van der Waals surface area contributed by atoms with E-state index in [-0.39, 0.29) is 24.2 Å². The normalized spacial score (nSPS) is 20.2. The van der Waals surface area contributed by atoms with Gasteiger partial charge in [-0.1, -0.05) is 0 Å². The lowest BCUT2D eigenvalue weighted by molar-refractivity contribution is -0.145. The van der Waals surface area contributed by atoms with E-state index < -0.39 is 0 Å². The summed E-state index contributed by atoms with van der Waals surface area (Å²) in [5.41, 5.74) is 0.721. The van der Waals surface area contributed by atoms with Crippen molar-refractivity contribution in [1.29, 1.82) is 0 Å². The van der Waals surface area contributed by atoms with E-state index in [1.165, 1.54) is 7.11 Å². The van der Waals surface area contributed by atoms with Crippen LogP contribution in [0.1, 0.15) is 6.42 Å². The van der Waals surface area contributed by atoms with Crippen LogP contribution < -0.4 is 4.90 Å². The van der Waals surface area contributed by atoms with E-state index >= 15 is 0 Å². The Bertz CT molecular complexity index is 427. The molecule has 0 aliphatic carbocycles. The predicted molar refractivity (Wildman–Crippen MR) is 55.7 cm³/mol. The highest BCUT2D eigenvalue weighted by Gasteiger charge is 2.36. The quantitative estimate of drug-likeness (QED) is 0.659. The molecule has 0 radical (unpaired) electrons. The first-order valence-corrected chi connectivity index (χ1v) is 4.98. The van der Waals surface area contributed by atoms with E-state index in [2.05, 4.69) is 9.84 Å². The number of methoxy groups -OCH3 is 1. The highest BCUT2D eigenvalue weighted by molar-refractivity contribution is 5.99. The van der Waals surface area contributed by atoms with Crippen molar-refractivity contribution in [2.75, 3.05) is 18.6 Å². The van der Waals surface area contributed by atoms with Crippen LogP contribution in [0.5, 0.6) is 0 Å². The lowest BCUT2D eigenvalue weighted by atomic mass is 10.1. The van der Waals surface area contributed by atoms with Gasteiger partial charge in [0.25, 0.3) is 0 Å². The Balaban J connectivity index is 2.14. The number of amides is 1. The summed E-state index contributed by atoms with van der Waals surface area (Å²) in [6.45, 7) is 0.372. The molecule has 2 heterocycles. The van der Waals surface area contributed by atoms with Gasteiger partial charge in [0.1, 0.15) is 0 Å². The van der Waals surface area contributed by atoms with Gasteiger partial charge in [0, 0.05) is 26.2 Å². The highest BCUT2D eigenvalue weighted by Crippen LogP contribution is 2.24. The summed E-state index contributed by atoms with van der Waals surface area (Å²) in [4.78, 5) is 24.6. The lowest BCUT2D eigenvalue weighted by Crippen LogP contribution is -2.25. The first kappa shape index (κ1) is 10.7. The topological polar surface area (TPSA) is 64.4 Å². The van der Waals surface area contributed by atoms with E-state index in [4.69, 9.17) is 0 Å². The van der Waals surface area contributed by atoms with Crippen LogP contribution in [0.15, 0.2) is 12.4 Å². The van der Waals surface area contributed by atoms with E-state index in [9.17, 15) is 9.59 Å². The molecule has 1 unspecified atom stereocenters. The molecule has 1 aliphatic heterocycles. The number of hydrogen-bond donors (Lipinski definition) is 0. The largest absolute Gasteiger partial charge is 0.469 e. The average molecular weight is 223 g/mol. The fourth-order valence-electron chi connectivity index (χ4n) is 1.83. The third kappa shape index (κ3) is 1.78. The van der Waals surface area contributed by atoms with Gasteiger partial charge < -0.3 is 9.64 Å². The molecule has 16 heavy (non-hydrogen) atoms. The molecular formula is C10H13N3O3. The molecule has 1 amide bonds. The lowest BCUT2D eigenvalue weighted by Gasteiger charge is -2.13. The van der Waals surface area contributed by atoms with E-state index in [0.717, 1.165) is 5.69 Å². The third-order valence-corrected chi connectivity index (χ3v) is 2.66. The van der Waals surface area contributed by atoms with Crippen LogP contribution in [0.3, 0.4) is 0 Å². The van der Waals surface area contributed by atoms with Gasteiger partial charge in [-0.25, -0.2) is 0 Å². The molecule has 1 saturated heterocycles. The van der Waals surface area contributed by atoms with Gasteiger partial charge in [0.2, 0.25) is 5.91 Å². The standard InChI is InChI=1S/C10H13N3O3/c1-12-6-8(4-11-12)13-5-7(3-9(13)14)10(15)16-2/h4,6-7H,3,5H2,1-2H3. The summed E-state index contributed by atoms with van der Waals surface area (Å²) < 4.78 is 6.25. The van der Waals surface area contributed by atoms with E-state index in [0.29, 0.717) is 6.54 Å². The summed E-state index contributed by atoms with van der Waals surface area (Å²) in [6, 6.07) is 0. The van der Waals surface area contributed by atoms with Gasteiger partial charge in [-0.3, -0.25) is 14.3 Å². The zero-order chi connectivity index (χ0) is 11.7. The van der Waals surface area contributed by atoms with Crippen LogP contribution in [0.4, 0.5) is 5.69 Å².